The maximum atomic E-state index is 11.8. The van der Waals surface area contributed by atoms with Gasteiger partial charge in [0.25, 0.3) is 0 Å². The predicted octanol–water partition coefficient (Wildman–Crippen LogP) is 3.20. The van der Waals surface area contributed by atoms with Crippen LogP contribution < -0.4 is 16.4 Å². The number of hydrogen-bond acceptors (Lipinski definition) is 3. The molecule has 0 unspecified atom stereocenters. The van der Waals surface area contributed by atoms with Gasteiger partial charge < -0.3 is 16.4 Å². The summed E-state index contributed by atoms with van der Waals surface area (Å²) in [4.78, 5) is 23.8. The zero-order valence-electron chi connectivity index (χ0n) is 11.5. The fourth-order valence-corrected chi connectivity index (χ4v) is 2.63. The normalized spacial score (nSPS) is 10.1. The molecule has 2 aromatic rings. The summed E-state index contributed by atoms with van der Waals surface area (Å²) in [6.45, 7) is 0. The lowest BCUT2D eigenvalue weighted by Gasteiger charge is -2.06. The highest BCUT2D eigenvalue weighted by Gasteiger charge is 2.04. The van der Waals surface area contributed by atoms with Crippen molar-refractivity contribution in [2.75, 3.05) is 10.6 Å². The van der Waals surface area contributed by atoms with Crippen LogP contribution in [0, 0.1) is 0 Å². The van der Waals surface area contributed by atoms with Crippen LogP contribution in [0.15, 0.2) is 41.8 Å². The van der Waals surface area contributed by atoms with Gasteiger partial charge in [0.1, 0.15) is 0 Å². The number of carbonyl (C=O) groups excluding carboxylic acids is 2. The number of benzene rings is 1. The van der Waals surface area contributed by atoms with E-state index in [1.807, 2.05) is 11.4 Å². The third-order valence-electron chi connectivity index (χ3n) is 2.84. The quantitative estimate of drug-likeness (QED) is 0.765. The van der Waals surface area contributed by atoms with E-state index in [1.54, 1.807) is 35.6 Å². The molecule has 0 aliphatic carbocycles. The highest BCUT2D eigenvalue weighted by Crippen LogP contribution is 2.15. The maximum absolute atomic E-state index is 11.8. The Bertz CT molecular complexity index is 594. The number of urea groups is 1. The minimum Gasteiger partial charge on any atom is -0.351 e. The molecule has 4 N–H and O–H groups in total. The van der Waals surface area contributed by atoms with E-state index in [2.05, 4.69) is 16.7 Å². The third-order valence-corrected chi connectivity index (χ3v) is 3.78. The van der Waals surface area contributed by atoms with Gasteiger partial charge in [0.15, 0.2) is 0 Å². The second-order valence-electron chi connectivity index (χ2n) is 4.55. The van der Waals surface area contributed by atoms with Gasteiger partial charge in [0.2, 0.25) is 5.91 Å². The van der Waals surface area contributed by atoms with Crippen molar-refractivity contribution in [3.8, 4) is 0 Å². The second kappa shape index (κ2) is 7.44. The van der Waals surface area contributed by atoms with Gasteiger partial charge >= 0.3 is 6.03 Å². The molecule has 0 atom stereocenters. The van der Waals surface area contributed by atoms with Crippen LogP contribution in [0.25, 0.3) is 0 Å². The molecule has 3 amide bonds. The number of thiophene rings is 1. The highest BCUT2D eigenvalue weighted by molar-refractivity contribution is 7.09. The second-order valence-corrected chi connectivity index (χ2v) is 5.58. The highest BCUT2D eigenvalue weighted by atomic mass is 32.1. The Kier molecular flexibility index (Phi) is 5.34. The lowest BCUT2D eigenvalue weighted by Crippen LogP contribution is -2.19. The number of anilines is 2. The van der Waals surface area contributed by atoms with E-state index >= 15 is 0 Å². The summed E-state index contributed by atoms with van der Waals surface area (Å²) in [5.41, 5.74) is 6.32. The lowest BCUT2D eigenvalue weighted by molar-refractivity contribution is -0.116. The predicted molar refractivity (Wildman–Crippen MR) is 85.5 cm³/mol. The van der Waals surface area contributed by atoms with Crippen LogP contribution in [0.2, 0.25) is 0 Å². The molecular formula is C15H17N3O2S. The van der Waals surface area contributed by atoms with Crippen LogP contribution in [-0.2, 0) is 11.2 Å². The van der Waals surface area contributed by atoms with Crippen molar-refractivity contribution in [3.05, 3.63) is 46.7 Å². The molecule has 0 saturated heterocycles. The average molecular weight is 303 g/mol. The van der Waals surface area contributed by atoms with Gasteiger partial charge in [-0.2, -0.15) is 0 Å². The molecule has 0 bridgehead atoms. The molecule has 0 fully saturated rings. The summed E-state index contributed by atoms with van der Waals surface area (Å²) in [6.07, 6.45) is 2.24. The van der Waals surface area contributed by atoms with Crippen LogP contribution in [0.4, 0.5) is 16.2 Å². The van der Waals surface area contributed by atoms with Crippen molar-refractivity contribution < 1.29 is 9.59 Å². The molecule has 6 heteroatoms. The molecule has 0 aliphatic heterocycles. The molecule has 110 valence electrons. The summed E-state index contributed by atoms with van der Waals surface area (Å²) in [6, 6.07) is 10.3. The summed E-state index contributed by atoms with van der Waals surface area (Å²) in [5, 5.41) is 7.32. The fraction of sp³-hybridized carbons (Fsp3) is 0.200. The molecule has 0 aliphatic rings. The van der Waals surface area contributed by atoms with Crippen LogP contribution in [0.5, 0.6) is 0 Å². The first kappa shape index (κ1) is 15.1. The fourth-order valence-electron chi connectivity index (χ4n) is 1.88. The molecule has 2 rings (SSSR count). The number of rotatable bonds is 6. The molecule has 0 saturated carbocycles. The Labute approximate surface area is 127 Å². The van der Waals surface area contributed by atoms with E-state index in [4.69, 9.17) is 5.73 Å². The Morgan fingerprint density at radius 3 is 2.29 bits per heavy atom. The first-order valence-electron chi connectivity index (χ1n) is 6.62. The van der Waals surface area contributed by atoms with Crippen molar-refractivity contribution in [2.45, 2.75) is 19.3 Å². The molecule has 5 nitrogen and oxygen atoms in total. The van der Waals surface area contributed by atoms with Gasteiger partial charge in [-0.3, -0.25) is 4.79 Å². The summed E-state index contributed by atoms with van der Waals surface area (Å²) in [7, 11) is 0. The minimum atomic E-state index is -0.611. The average Bonchev–Trinajstić information content (AvgIpc) is 2.93. The third kappa shape index (κ3) is 5.27. The number of aryl methyl sites for hydroxylation is 1. The molecule has 1 aromatic heterocycles. The standard InChI is InChI=1S/C15H17N3O2S/c16-15(20)18-12-8-6-11(7-9-12)17-14(19)5-1-3-13-4-2-10-21-13/h2,4,6-10H,1,3,5H2,(H,17,19)(H3,16,18,20). The minimum absolute atomic E-state index is 0.0119. The zero-order valence-corrected chi connectivity index (χ0v) is 12.3. The topological polar surface area (TPSA) is 84.2 Å². The van der Waals surface area contributed by atoms with Gasteiger partial charge in [0, 0.05) is 22.7 Å². The van der Waals surface area contributed by atoms with E-state index < -0.39 is 6.03 Å². The molecule has 21 heavy (non-hydrogen) atoms. The van der Waals surface area contributed by atoms with Crippen molar-refractivity contribution in [3.63, 3.8) is 0 Å². The Hall–Kier alpha value is -2.34. The summed E-state index contributed by atoms with van der Waals surface area (Å²) < 4.78 is 0. The Morgan fingerprint density at radius 2 is 1.71 bits per heavy atom. The molecule has 1 aromatic carbocycles. The van der Waals surface area contributed by atoms with Crippen LogP contribution in [0.3, 0.4) is 0 Å². The van der Waals surface area contributed by atoms with E-state index in [0.717, 1.165) is 12.8 Å². The van der Waals surface area contributed by atoms with Gasteiger partial charge in [-0.15, -0.1) is 11.3 Å². The van der Waals surface area contributed by atoms with Crippen molar-refractivity contribution in [1.29, 1.82) is 0 Å². The number of nitrogens with one attached hydrogen (secondary N) is 2. The SMILES string of the molecule is NC(=O)Nc1ccc(NC(=O)CCCc2cccs2)cc1. The monoisotopic (exact) mass is 303 g/mol. The van der Waals surface area contributed by atoms with E-state index in [9.17, 15) is 9.59 Å². The first-order valence-corrected chi connectivity index (χ1v) is 7.50. The largest absolute Gasteiger partial charge is 0.351 e. The van der Waals surface area contributed by atoms with E-state index in [0.29, 0.717) is 17.8 Å². The smallest absolute Gasteiger partial charge is 0.316 e. The van der Waals surface area contributed by atoms with Gasteiger partial charge in [-0.05, 0) is 48.6 Å². The van der Waals surface area contributed by atoms with Crippen LogP contribution in [0.1, 0.15) is 17.7 Å². The first-order chi connectivity index (χ1) is 10.1. The van der Waals surface area contributed by atoms with Crippen molar-refractivity contribution in [1.82, 2.24) is 0 Å². The van der Waals surface area contributed by atoms with Gasteiger partial charge in [-0.25, -0.2) is 4.79 Å². The molecule has 0 spiro atoms. The molecule has 0 radical (unpaired) electrons. The summed E-state index contributed by atoms with van der Waals surface area (Å²) in [5.74, 6) is -0.0119. The Balaban J connectivity index is 1.75. The Morgan fingerprint density at radius 1 is 1.05 bits per heavy atom. The van der Waals surface area contributed by atoms with Gasteiger partial charge in [-0.1, -0.05) is 6.07 Å². The summed E-state index contributed by atoms with van der Waals surface area (Å²) >= 11 is 1.71. The zero-order chi connectivity index (χ0) is 15.1. The number of carbonyl (C=O) groups is 2. The van der Waals surface area contributed by atoms with E-state index in [-0.39, 0.29) is 5.91 Å². The molecular weight excluding hydrogens is 286 g/mol. The van der Waals surface area contributed by atoms with E-state index in [1.165, 1.54) is 4.88 Å². The van der Waals surface area contributed by atoms with Crippen LogP contribution >= 0.6 is 11.3 Å². The number of nitrogens with two attached hydrogens (primary N) is 1. The van der Waals surface area contributed by atoms with Crippen molar-refractivity contribution in [2.24, 2.45) is 5.73 Å². The number of primary amides is 1. The lowest BCUT2D eigenvalue weighted by atomic mass is 10.2. The van der Waals surface area contributed by atoms with Gasteiger partial charge in [0.05, 0.1) is 0 Å². The van der Waals surface area contributed by atoms with Crippen molar-refractivity contribution >= 4 is 34.6 Å². The maximum Gasteiger partial charge on any atom is 0.316 e. The molecule has 1 heterocycles. The number of hydrogen-bond donors (Lipinski definition) is 3. The number of amides is 3. The van der Waals surface area contributed by atoms with Crippen LogP contribution in [-0.4, -0.2) is 11.9 Å².